The van der Waals surface area contributed by atoms with Crippen LogP contribution in [-0.2, 0) is 0 Å². The molecule has 1 heterocycles. The third kappa shape index (κ3) is 5.34. The molecule has 1 N–H and O–H groups in total. The topological polar surface area (TPSA) is 18.5 Å². The molecule has 1 saturated heterocycles. The summed E-state index contributed by atoms with van der Waals surface area (Å²) in [4.78, 5) is 4.86. The van der Waals surface area contributed by atoms with Crippen molar-refractivity contribution in [1.29, 1.82) is 0 Å². The van der Waals surface area contributed by atoms with Crippen molar-refractivity contribution < 1.29 is 0 Å². The molecule has 20 heavy (non-hydrogen) atoms. The van der Waals surface area contributed by atoms with Gasteiger partial charge in [0.25, 0.3) is 0 Å². The molecule has 0 aliphatic carbocycles. The Morgan fingerprint density at radius 1 is 1.15 bits per heavy atom. The first-order chi connectivity index (χ1) is 9.49. The highest BCUT2D eigenvalue weighted by Gasteiger charge is 2.25. The molecule has 0 aromatic heterocycles. The van der Waals surface area contributed by atoms with E-state index >= 15 is 0 Å². The van der Waals surface area contributed by atoms with Gasteiger partial charge in [0.1, 0.15) is 0 Å². The molecule has 1 rings (SSSR count). The van der Waals surface area contributed by atoms with Crippen LogP contribution in [0.4, 0.5) is 0 Å². The minimum absolute atomic E-state index is 0.653. The second-order valence-electron chi connectivity index (χ2n) is 6.95. The van der Waals surface area contributed by atoms with Crippen LogP contribution in [0.3, 0.4) is 0 Å². The number of hydrogen-bond acceptors (Lipinski definition) is 3. The number of likely N-dealkylation sites (tertiary alicyclic amines) is 1. The summed E-state index contributed by atoms with van der Waals surface area (Å²) in [5.74, 6) is 1.66. The molecular weight excluding hydrogens is 246 g/mol. The molecule has 0 spiro atoms. The monoisotopic (exact) mass is 283 g/mol. The van der Waals surface area contributed by atoms with Crippen LogP contribution in [0.2, 0.25) is 0 Å². The largest absolute Gasteiger partial charge is 0.312 e. The minimum atomic E-state index is 0.653. The van der Waals surface area contributed by atoms with Crippen molar-refractivity contribution in [2.45, 2.75) is 58.5 Å². The van der Waals surface area contributed by atoms with Crippen LogP contribution in [0, 0.1) is 11.8 Å². The second kappa shape index (κ2) is 9.01. The van der Waals surface area contributed by atoms with E-state index in [4.69, 9.17) is 0 Å². The van der Waals surface area contributed by atoms with Gasteiger partial charge in [0.2, 0.25) is 0 Å². The third-order valence-corrected chi connectivity index (χ3v) is 5.38. The van der Waals surface area contributed by atoms with Gasteiger partial charge in [-0.3, -0.25) is 0 Å². The summed E-state index contributed by atoms with van der Waals surface area (Å²) in [5.41, 5.74) is 0. The lowest BCUT2D eigenvalue weighted by Crippen LogP contribution is -2.48. The molecule has 0 aromatic carbocycles. The van der Waals surface area contributed by atoms with E-state index in [1.54, 1.807) is 0 Å². The van der Waals surface area contributed by atoms with E-state index in [-0.39, 0.29) is 0 Å². The number of piperidine rings is 1. The predicted molar refractivity (Wildman–Crippen MR) is 89.2 cm³/mol. The lowest BCUT2D eigenvalue weighted by molar-refractivity contribution is 0.162. The van der Waals surface area contributed by atoms with Gasteiger partial charge in [-0.15, -0.1) is 0 Å². The molecule has 3 nitrogen and oxygen atoms in total. The van der Waals surface area contributed by atoms with E-state index in [0.717, 1.165) is 18.4 Å². The van der Waals surface area contributed by atoms with Gasteiger partial charge in [0, 0.05) is 18.6 Å². The zero-order chi connectivity index (χ0) is 15.1. The molecule has 0 saturated carbocycles. The van der Waals surface area contributed by atoms with Crippen molar-refractivity contribution in [3.63, 3.8) is 0 Å². The van der Waals surface area contributed by atoms with Crippen molar-refractivity contribution in [2.24, 2.45) is 11.8 Å². The van der Waals surface area contributed by atoms with Gasteiger partial charge in [0.15, 0.2) is 0 Å². The fourth-order valence-electron chi connectivity index (χ4n) is 3.61. The van der Waals surface area contributed by atoms with E-state index < -0.39 is 0 Å². The van der Waals surface area contributed by atoms with Gasteiger partial charge in [-0.1, -0.05) is 26.7 Å². The smallest absolute Gasteiger partial charge is 0.0242 e. The highest BCUT2D eigenvalue weighted by Crippen LogP contribution is 2.21. The Morgan fingerprint density at radius 2 is 1.70 bits per heavy atom. The Kier molecular flexibility index (Phi) is 8.08. The molecular formula is C17H37N3. The number of likely N-dealkylation sites (N-methyl/N-ethyl adjacent to an activating group) is 1. The first kappa shape index (κ1) is 17.9. The molecule has 1 aliphatic rings. The van der Waals surface area contributed by atoms with Crippen LogP contribution in [0.1, 0.15) is 46.5 Å². The Bertz CT molecular complexity index is 243. The van der Waals surface area contributed by atoms with Crippen LogP contribution in [0.5, 0.6) is 0 Å². The zero-order valence-corrected chi connectivity index (χ0v) is 14.7. The molecule has 2 unspecified atom stereocenters. The minimum Gasteiger partial charge on any atom is -0.312 e. The van der Waals surface area contributed by atoms with E-state index in [0.29, 0.717) is 12.1 Å². The first-order valence-electron chi connectivity index (χ1n) is 8.57. The maximum Gasteiger partial charge on any atom is 0.0242 e. The zero-order valence-electron chi connectivity index (χ0n) is 14.7. The van der Waals surface area contributed by atoms with Crippen LogP contribution in [0.25, 0.3) is 0 Å². The molecule has 1 aliphatic heterocycles. The lowest BCUT2D eigenvalue weighted by Gasteiger charge is -2.36. The number of nitrogens with one attached hydrogen (secondary N) is 1. The molecule has 0 radical (unpaired) electrons. The third-order valence-electron chi connectivity index (χ3n) is 5.38. The van der Waals surface area contributed by atoms with Crippen LogP contribution < -0.4 is 5.32 Å². The van der Waals surface area contributed by atoms with Gasteiger partial charge in [-0.05, 0) is 65.8 Å². The van der Waals surface area contributed by atoms with Gasteiger partial charge < -0.3 is 15.1 Å². The van der Waals surface area contributed by atoms with Gasteiger partial charge in [-0.2, -0.15) is 0 Å². The number of nitrogens with zero attached hydrogens (tertiary/aromatic N) is 2. The van der Waals surface area contributed by atoms with Crippen LogP contribution in [0.15, 0.2) is 0 Å². The molecule has 2 atom stereocenters. The summed E-state index contributed by atoms with van der Waals surface area (Å²) in [5, 5.41) is 3.84. The van der Waals surface area contributed by atoms with Gasteiger partial charge in [-0.25, -0.2) is 0 Å². The summed E-state index contributed by atoms with van der Waals surface area (Å²) in [6, 6.07) is 1.32. The van der Waals surface area contributed by atoms with Gasteiger partial charge in [0.05, 0.1) is 0 Å². The lowest BCUT2D eigenvalue weighted by atomic mass is 9.89. The van der Waals surface area contributed by atoms with E-state index in [2.05, 4.69) is 57.0 Å². The van der Waals surface area contributed by atoms with E-state index in [9.17, 15) is 0 Å². The van der Waals surface area contributed by atoms with Crippen molar-refractivity contribution in [3.05, 3.63) is 0 Å². The van der Waals surface area contributed by atoms with E-state index in [1.807, 2.05) is 0 Å². The maximum atomic E-state index is 3.84. The molecule has 1 fully saturated rings. The maximum absolute atomic E-state index is 3.84. The molecule has 3 heteroatoms. The van der Waals surface area contributed by atoms with Crippen molar-refractivity contribution in [3.8, 4) is 0 Å². The average Bonchev–Trinajstić information content (AvgIpc) is 2.43. The summed E-state index contributed by atoms with van der Waals surface area (Å²) in [7, 11) is 6.69. The van der Waals surface area contributed by atoms with Gasteiger partial charge >= 0.3 is 0 Å². The molecule has 0 amide bonds. The van der Waals surface area contributed by atoms with Crippen LogP contribution in [-0.4, -0.2) is 62.7 Å². The second-order valence-corrected chi connectivity index (χ2v) is 6.95. The van der Waals surface area contributed by atoms with Crippen molar-refractivity contribution >= 4 is 0 Å². The molecule has 0 aromatic rings. The summed E-state index contributed by atoms with van der Waals surface area (Å²) >= 11 is 0. The number of hydrogen-bond donors (Lipinski definition) is 1. The van der Waals surface area contributed by atoms with E-state index in [1.165, 1.54) is 38.8 Å². The normalized spacial score (nSPS) is 21.6. The molecule has 120 valence electrons. The Morgan fingerprint density at radius 3 is 2.15 bits per heavy atom. The molecule has 0 bridgehead atoms. The number of rotatable bonds is 8. The average molecular weight is 284 g/mol. The van der Waals surface area contributed by atoms with Crippen molar-refractivity contribution in [2.75, 3.05) is 40.8 Å². The standard InChI is InChI=1S/C17H37N3/c1-7-15(8-2)17(19(4)5)13-18-14(3)16-9-11-20(6)12-10-16/h14-18H,7-13H2,1-6H3. The Hall–Kier alpha value is -0.120. The Balaban J connectivity index is 2.42. The van der Waals surface area contributed by atoms with Crippen molar-refractivity contribution in [1.82, 2.24) is 15.1 Å². The summed E-state index contributed by atoms with van der Waals surface area (Å²) < 4.78 is 0. The SMILES string of the molecule is CCC(CC)C(CNC(C)C1CCN(C)CC1)N(C)C. The first-order valence-corrected chi connectivity index (χ1v) is 8.57. The summed E-state index contributed by atoms with van der Waals surface area (Å²) in [6.07, 6.45) is 5.26. The summed E-state index contributed by atoms with van der Waals surface area (Å²) in [6.45, 7) is 10.7. The fourth-order valence-corrected chi connectivity index (χ4v) is 3.61. The fraction of sp³-hybridized carbons (Fsp3) is 1.00. The van der Waals surface area contributed by atoms with Crippen LogP contribution >= 0.6 is 0 Å². The highest BCUT2D eigenvalue weighted by atomic mass is 15.1. The predicted octanol–water partition coefficient (Wildman–Crippen LogP) is 2.67. The quantitative estimate of drug-likeness (QED) is 0.739. The highest BCUT2D eigenvalue weighted by molar-refractivity contribution is 4.82. The Labute approximate surface area is 127 Å².